The maximum atomic E-state index is 13.1. The van der Waals surface area contributed by atoms with E-state index in [0.717, 1.165) is 5.69 Å². The molecule has 0 aliphatic carbocycles. The Labute approximate surface area is 143 Å². The number of hydrogen-bond acceptors (Lipinski definition) is 7. The highest BCUT2D eigenvalue weighted by molar-refractivity contribution is 6.06. The molecule has 8 nitrogen and oxygen atoms in total. The van der Waals surface area contributed by atoms with Crippen LogP contribution in [0.1, 0.15) is 33.5 Å². The number of nitrogens with zero attached hydrogens (tertiary/aromatic N) is 5. The van der Waals surface area contributed by atoms with E-state index in [0.29, 0.717) is 47.7 Å². The molecular weight excluding hydrogens is 322 g/mol. The first-order chi connectivity index (χ1) is 12.1. The van der Waals surface area contributed by atoms with Crippen molar-refractivity contribution in [3.63, 3.8) is 0 Å². The number of fused-ring (bicyclic) bond motifs is 1. The molecule has 128 valence electrons. The van der Waals surface area contributed by atoms with E-state index in [2.05, 4.69) is 20.1 Å². The molecule has 1 aliphatic rings. The monoisotopic (exact) mass is 339 g/mol. The van der Waals surface area contributed by atoms with Crippen molar-refractivity contribution in [2.45, 2.75) is 20.0 Å². The molecule has 4 heterocycles. The molecule has 0 bridgehead atoms. The fourth-order valence-electron chi connectivity index (χ4n) is 3.05. The Morgan fingerprint density at radius 3 is 3.00 bits per heavy atom. The number of carbonyl (C=O) groups is 1. The lowest BCUT2D eigenvalue weighted by molar-refractivity contribution is -0.0248. The minimum absolute atomic E-state index is 0.0843. The van der Waals surface area contributed by atoms with Gasteiger partial charge in [0, 0.05) is 24.6 Å². The molecule has 1 saturated heterocycles. The molecule has 0 spiro atoms. The van der Waals surface area contributed by atoms with Crippen molar-refractivity contribution < 1.29 is 14.1 Å². The summed E-state index contributed by atoms with van der Waals surface area (Å²) in [6.07, 6.45) is 4.61. The van der Waals surface area contributed by atoms with E-state index in [1.807, 2.05) is 6.92 Å². The highest BCUT2D eigenvalue weighted by atomic mass is 16.5. The summed E-state index contributed by atoms with van der Waals surface area (Å²) in [6.45, 7) is 5.02. The summed E-state index contributed by atoms with van der Waals surface area (Å²) < 4.78 is 11.0. The molecule has 0 saturated carbocycles. The zero-order valence-electron chi connectivity index (χ0n) is 14.0. The Hall–Kier alpha value is -2.87. The number of hydrogen-bond donors (Lipinski definition) is 0. The van der Waals surface area contributed by atoms with Crippen LogP contribution in [0, 0.1) is 13.8 Å². The molecule has 0 radical (unpaired) electrons. The van der Waals surface area contributed by atoms with Crippen LogP contribution in [-0.2, 0) is 4.74 Å². The average Bonchev–Trinajstić information content (AvgIpc) is 3.02. The first-order valence-corrected chi connectivity index (χ1v) is 8.04. The zero-order valence-corrected chi connectivity index (χ0v) is 14.0. The second-order valence-corrected chi connectivity index (χ2v) is 6.00. The SMILES string of the molecule is Cc1cc(C(=O)N2CCO[C@H](c3cnccn3)C2)c2c(C)noc2n1. The van der Waals surface area contributed by atoms with Crippen LogP contribution in [0.4, 0.5) is 0 Å². The first-order valence-electron chi connectivity index (χ1n) is 8.04. The van der Waals surface area contributed by atoms with Crippen LogP contribution < -0.4 is 0 Å². The van der Waals surface area contributed by atoms with Crippen molar-refractivity contribution in [1.29, 1.82) is 0 Å². The van der Waals surface area contributed by atoms with Gasteiger partial charge in [0.2, 0.25) is 0 Å². The van der Waals surface area contributed by atoms with Crippen LogP contribution >= 0.6 is 0 Å². The van der Waals surface area contributed by atoms with Gasteiger partial charge in [-0.1, -0.05) is 5.16 Å². The number of aromatic nitrogens is 4. The molecule has 0 aromatic carbocycles. The summed E-state index contributed by atoms with van der Waals surface area (Å²) >= 11 is 0. The van der Waals surface area contributed by atoms with Crippen LogP contribution in [0.25, 0.3) is 11.1 Å². The Morgan fingerprint density at radius 2 is 2.20 bits per heavy atom. The van der Waals surface area contributed by atoms with E-state index in [9.17, 15) is 4.79 Å². The largest absolute Gasteiger partial charge is 0.368 e. The second-order valence-electron chi connectivity index (χ2n) is 6.00. The van der Waals surface area contributed by atoms with Crippen molar-refractivity contribution in [3.05, 3.63) is 47.3 Å². The predicted molar refractivity (Wildman–Crippen MR) is 87.9 cm³/mol. The number of morpholine rings is 1. The fraction of sp³-hybridized carbons (Fsp3) is 0.353. The van der Waals surface area contributed by atoms with Gasteiger partial charge in [-0.25, -0.2) is 4.98 Å². The average molecular weight is 339 g/mol. The minimum atomic E-state index is -0.284. The molecule has 0 unspecified atom stereocenters. The van der Waals surface area contributed by atoms with Crippen molar-refractivity contribution in [2.75, 3.05) is 19.7 Å². The van der Waals surface area contributed by atoms with Crippen molar-refractivity contribution in [1.82, 2.24) is 25.0 Å². The van der Waals surface area contributed by atoms with Gasteiger partial charge in [0.05, 0.1) is 41.7 Å². The van der Waals surface area contributed by atoms with Crippen molar-refractivity contribution in [3.8, 4) is 0 Å². The third kappa shape index (κ3) is 2.85. The summed E-state index contributed by atoms with van der Waals surface area (Å²) in [6, 6.07) is 1.78. The summed E-state index contributed by atoms with van der Waals surface area (Å²) in [4.78, 5) is 27.6. The third-order valence-electron chi connectivity index (χ3n) is 4.24. The van der Waals surface area contributed by atoms with Gasteiger partial charge in [0.1, 0.15) is 6.10 Å². The number of aryl methyl sites for hydroxylation is 2. The first kappa shape index (κ1) is 15.6. The van der Waals surface area contributed by atoms with Crippen LogP contribution in [0.2, 0.25) is 0 Å². The minimum Gasteiger partial charge on any atom is -0.368 e. The Kier molecular flexibility index (Phi) is 3.89. The van der Waals surface area contributed by atoms with Crippen molar-refractivity contribution in [2.24, 2.45) is 0 Å². The lowest BCUT2D eigenvalue weighted by Gasteiger charge is -2.32. The van der Waals surface area contributed by atoms with E-state index in [1.54, 1.807) is 36.5 Å². The van der Waals surface area contributed by atoms with E-state index in [-0.39, 0.29) is 12.0 Å². The summed E-state index contributed by atoms with van der Waals surface area (Å²) in [5.41, 5.74) is 3.04. The third-order valence-corrected chi connectivity index (χ3v) is 4.24. The predicted octanol–water partition coefficient (Wildman–Crippen LogP) is 1.84. The van der Waals surface area contributed by atoms with E-state index < -0.39 is 0 Å². The molecule has 4 rings (SSSR count). The molecule has 8 heteroatoms. The molecule has 1 fully saturated rings. The topological polar surface area (TPSA) is 94.2 Å². The number of rotatable bonds is 2. The molecule has 3 aromatic heterocycles. The van der Waals surface area contributed by atoms with Gasteiger partial charge < -0.3 is 14.2 Å². The van der Waals surface area contributed by atoms with Crippen LogP contribution in [0.15, 0.2) is 29.2 Å². The van der Waals surface area contributed by atoms with Gasteiger partial charge in [-0.05, 0) is 19.9 Å². The van der Waals surface area contributed by atoms with Gasteiger partial charge in [0.15, 0.2) is 0 Å². The van der Waals surface area contributed by atoms with Crippen LogP contribution in [-0.4, -0.2) is 50.6 Å². The van der Waals surface area contributed by atoms with Gasteiger partial charge in [0.25, 0.3) is 11.6 Å². The number of ether oxygens (including phenoxy) is 1. The van der Waals surface area contributed by atoms with E-state index >= 15 is 0 Å². The standard InChI is InChI=1S/C17H17N5O3/c1-10-7-12(15-11(2)21-25-16(15)20-10)17(23)22-5-6-24-14(9-22)13-8-18-3-4-19-13/h3-4,7-8,14H,5-6,9H2,1-2H3/t14-/m0/s1. The maximum Gasteiger partial charge on any atom is 0.258 e. The zero-order chi connectivity index (χ0) is 17.4. The highest BCUT2D eigenvalue weighted by Gasteiger charge is 2.29. The van der Waals surface area contributed by atoms with Gasteiger partial charge in [-0.3, -0.25) is 14.8 Å². The molecular formula is C17H17N5O3. The normalized spacial score (nSPS) is 17.8. The quantitative estimate of drug-likeness (QED) is 0.703. The molecule has 25 heavy (non-hydrogen) atoms. The molecule has 1 atom stereocenters. The van der Waals surface area contributed by atoms with Gasteiger partial charge >= 0.3 is 0 Å². The van der Waals surface area contributed by atoms with Gasteiger partial charge in [-0.15, -0.1) is 0 Å². The Morgan fingerprint density at radius 1 is 1.32 bits per heavy atom. The molecule has 3 aromatic rings. The summed E-state index contributed by atoms with van der Waals surface area (Å²) in [5, 5.41) is 4.60. The van der Waals surface area contributed by atoms with Crippen molar-refractivity contribution >= 4 is 17.0 Å². The Balaban J connectivity index is 1.66. The van der Waals surface area contributed by atoms with Crippen LogP contribution in [0.5, 0.6) is 0 Å². The molecule has 1 aliphatic heterocycles. The smallest absolute Gasteiger partial charge is 0.258 e. The number of pyridine rings is 1. The van der Waals surface area contributed by atoms with Crippen LogP contribution in [0.3, 0.4) is 0 Å². The molecule has 1 amide bonds. The second kappa shape index (κ2) is 6.21. The Bertz CT molecular complexity index is 925. The molecule has 0 N–H and O–H groups in total. The van der Waals surface area contributed by atoms with Gasteiger partial charge in [-0.2, -0.15) is 0 Å². The van der Waals surface area contributed by atoms with E-state index in [1.165, 1.54) is 0 Å². The number of amides is 1. The maximum absolute atomic E-state index is 13.1. The highest BCUT2D eigenvalue weighted by Crippen LogP contribution is 2.26. The lowest BCUT2D eigenvalue weighted by Crippen LogP contribution is -2.42. The summed E-state index contributed by atoms with van der Waals surface area (Å²) in [5.74, 6) is -0.0843. The lowest BCUT2D eigenvalue weighted by atomic mass is 10.1. The van der Waals surface area contributed by atoms with E-state index in [4.69, 9.17) is 9.26 Å². The summed E-state index contributed by atoms with van der Waals surface area (Å²) in [7, 11) is 0. The number of carbonyl (C=O) groups excluding carboxylic acids is 1. The fourth-order valence-corrected chi connectivity index (χ4v) is 3.05.